The zero-order valence-electron chi connectivity index (χ0n) is 13.7. The molecule has 0 bridgehead atoms. The molecule has 0 saturated carbocycles. The van der Waals surface area contributed by atoms with Crippen LogP contribution in [-0.2, 0) is 11.3 Å². The zero-order chi connectivity index (χ0) is 16.9. The molecule has 1 aromatic rings. The van der Waals surface area contributed by atoms with Crippen LogP contribution >= 0.6 is 0 Å². The molecule has 0 N–H and O–H groups in total. The van der Waals surface area contributed by atoms with Crippen LogP contribution in [0.25, 0.3) is 0 Å². The summed E-state index contributed by atoms with van der Waals surface area (Å²) in [5.41, 5.74) is 0.704. The molecule has 1 rings (SSSR count). The number of rotatable bonds is 7. The van der Waals surface area contributed by atoms with Gasteiger partial charge in [-0.05, 0) is 27.0 Å². The van der Waals surface area contributed by atoms with Gasteiger partial charge in [-0.25, -0.2) is 0 Å². The van der Waals surface area contributed by atoms with Gasteiger partial charge in [0.25, 0.3) is 5.69 Å². The first-order chi connectivity index (χ1) is 10.2. The third-order valence-corrected chi connectivity index (χ3v) is 2.96. The maximum absolute atomic E-state index is 11.7. The molecule has 0 aliphatic rings. The lowest BCUT2D eigenvalue weighted by molar-refractivity contribution is -0.385. The molecule has 7 heteroatoms. The monoisotopic (exact) mass is 309 g/mol. The van der Waals surface area contributed by atoms with Gasteiger partial charge >= 0.3 is 0 Å². The van der Waals surface area contributed by atoms with Crippen molar-refractivity contribution in [3.8, 4) is 5.75 Å². The van der Waals surface area contributed by atoms with Crippen LogP contribution in [0.1, 0.15) is 19.4 Å². The molecule has 0 aliphatic carbocycles. The van der Waals surface area contributed by atoms with E-state index >= 15 is 0 Å². The van der Waals surface area contributed by atoms with Gasteiger partial charge in [0.15, 0.2) is 0 Å². The number of likely N-dealkylation sites (N-methyl/N-ethyl adjacent to an activating group) is 2. The average Bonchev–Trinajstić information content (AvgIpc) is 2.39. The molecule has 1 amide bonds. The lowest BCUT2D eigenvalue weighted by atomic mass is 10.1. The van der Waals surface area contributed by atoms with Crippen LogP contribution in [0.2, 0.25) is 0 Å². The van der Waals surface area contributed by atoms with Gasteiger partial charge in [0, 0.05) is 38.3 Å². The first-order valence-corrected chi connectivity index (χ1v) is 7.03. The summed E-state index contributed by atoms with van der Waals surface area (Å²) in [5.74, 6) is 0.573. The van der Waals surface area contributed by atoms with Crippen LogP contribution in [0.5, 0.6) is 5.75 Å². The molecule has 0 spiro atoms. The van der Waals surface area contributed by atoms with Gasteiger partial charge in [-0.1, -0.05) is 0 Å². The van der Waals surface area contributed by atoms with Crippen molar-refractivity contribution in [2.75, 3.05) is 27.7 Å². The molecule has 122 valence electrons. The highest BCUT2D eigenvalue weighted by molar-refractivity contribution is 5.77. The summed E-state index contributed by atoms with van der Waals surface area (Å²) < 4.78 is 5.69. The molecule has 0 aromatic heterocycles. The number of non-ortho nitro benzene ring substituents is 1. The van der Waals surface area contributed by atoms with Gasteiger partial charge in [-0.3, -0.25) is 19.8 Å². The van der Waals surface area contributed by atoms with Gasteiger partial charge in [-0.2, -0.15) is 0 Å². The van der Waals surface area contributed by atoms with Crippen molar-refractivity contribution < 1.29 is 14.5 Å². The fourth-order valence-corrected chi connectivity index (χ4v) is 1.89. The summed E-state index contributed by atoms with van der Waals surface area (Å²) in [7, 11) is 5.17. The number of amides is 1. The predicted octanol–water partition coefficient (Wildman–Crippen LogP) is 1.90. The highest BCUT2D eigenvalue weighted by Crippen LogP contribution is 2.26. The van der Waals surface area contributed by atoms with Crippen LogP contribution in [0.3, 0.4) is 0 Å². The number of ether oxygens (including phenoxy) is 1. The number of nitro groups is 1. The van der Waals surface area contributed by atoms with E-state index in [2.05, 4.69) is 0 Å². The van der Waals surface area contributed by atoms with Gasteiger partial charge in [0.2, 0.25) is 5.91 Å². The Kier molecular flexibility index (Phi) is 6.30. The summed E-state index contributed by atoms with van der Waals surface area (Å²) in [6, 6.07) is 4.52. The van der Waals surface area contributed by atoms with Crippen molar-refractivity contribution >= 4 is 11.6 Å². The van der Waals surface area contributed by atoms with Crippen molar-refractivity contribution in [1.29, 1.82) is 0 Å². The summed E-state index contributed by atoms with van der Waals surface area (Å²) >= 11 is 0. The smallest absolute Gasteiger partial charge is 0.270 e. The Labute approximate surface area is 130 Å². The number of hydrogen-bond donors (Lipinski definition) is 0. The number of nitro benzene ring substituents is 1. The average molecular weight is 309 g/mol. The quantitative estimate of drug-likeness (QED) is 0.568. The Morgan fingerprint density at radius 3 is 2.45 bits per heavy atom. The molecule has 1 aromatic carbocycles. The number of hydrogen-bond acceptors (Lipinski definition) is 5. The minimum Gasteiger partial charge on any atom is -0.491 e. The maximum Gasteiger partial charge on any atom is 0.270 e. The predicted molar refractivity (Wildman–Crippen MR) is 83.9 cm³/mol. The Balaban J connectivity index is 2.95. The molecule has 0 heterocycles. The summed E-state index contributed by atoms with van der Waals surface area (Å²) in [4.78, 5) is 25.5. The van der Waals surface area contributed by atoms with Gasteiger partial charge in [0.1, 0.15) is 5.75 Å². The zero-order valence-corrected chi connectivity index (χ0v) is 13.7. The second-order valence-electron chi connectivity index (χ2n) is 5.68. The number of nitrogens with zero attached hydrogens (tertiary/aromatic N) is 3. The molecule has 0 aliphatic heterocycles. The van der Waals surface area contributed by atoms with Crippen LogP contribution in [-0.4, -0.2) is 54.4 Å². The minimum absolute atomic E-state index is 0.0124. The summed E-state index contributed by atoms with van der Waals surface area (Å²) in [6.07, 6.45) is -0.0334. The van der Waals surface area contributed by atoms with Crippen molar-refractivity contribution in [1.82, 2.24) is 9.80 Å². The van der Waals surface area contributed by atoms with Gasteiger partial charge in [-0.15, -0.1) is 0 Å². The number of carbonyl (C=O) groups is 1. The van der Waals surface area contributed by atoms with E-state index in [1.165, 1.54) is 17.0 Å². The molecular formula is C15H23N3O4. The van der Waals surface area contributed by atoms with E-state index in [-0.39, 0.29) is 24.2 Å². The molecule has 0 fully saturated rings. The fraction of sp³-hybridized carbons (Fsp3) is 0.533. The molecule has 0 atom stereocenters. The van der Waals surface area contributed by atoms with Crippen molar-refractivity contribution in [2.45, 2.75) is 26.5 Å². The van der Waals surface area contributed by atoms with E-state index in [1.807, 2.05) is 13.8 Å². The highest BCUT2D eigenvalue weighted by Gasteiger charge is 2.16. The van der Waals surface area contributed by atoms with Gasteiger partial charge < -0.3 is 9.64 Å². The molecular weight excluding hydrogens is 286 g/mol. The minimum atomic E-state index is -0.437. The summed E-state index contributed by atoms with van der Waals surface area (Å²) in [5, 5.41) is 10.9. The lowest BCUT2D eigenvalue weighted by Crippen LogP contribution is -2.34. The molecule has 22 heavy (non-hydrogen) atoms. The fourth-order valence-electron chi connectivity index (χ4n) is 1.89. The maximum atomic E-state index is 11.7. The van der Waals surface area contributed by atoms with Crippen LogP contribution in [0.4, 0.5) is 5.69 Å². The second-order valence-corrected chi connectivity index (χ2v) is 5.68. The van der Waals surface area contributed by atoms with E-state index < -0.39 is 4.92 Å². The SMILES string of the molecule is CC(C)Oc1ccc([N+](=O)[O-])cc1CN(C)CC(=O)N(C)C. The lowest BCUT2D eigenvalue weighted by Gasteiger charge is -2.21. The Bertz CT molecular complexity index is 544. The second kappa shape index (κ2) is 7.74. The number of benzene rings is 1. The van der Waals surface area contributed by atoms with E-state index in [0.717, 1.165) is 0 Å². The van der Waals surface area contributed by atoms with Crippen LogP contribution < -0.4 is 4.74 Å². The highest BCUT2D eigenvalue weighted by atomic mass is 16.6. The van der Waals surface area contributed by atoms with Crippen LogP contribution in [0.15, 0.2) is 18.2 Å². The Hall–Kier alpha value is -2.15. The van der Waals surface area contributed by atoms with Crippen molar-refractivity contribution in [3.63, 3.8) is 0 Å². The van der Waals surface area contributed by atoms with Crippen molar-refractivity contribution in [2.24, 2.45) is 0 Å². The third-order valence-electron chi connectivity index (χ3n) is 2.96. The molecule has 7 nitrogen and oxygen atoms in total. The first-order valence-electron chi connectivity index (χ1n) is 7.03. The largest absolute Gasteiger partial charge is 0.491 e. The Morgan fingerprint density at radius 2 is 1.95 bits per heavy atom. The van der Waals surface area contributed by atoms with Crippen LogP contribution in [0, 0.1) is 10.1 Å². The van der Waals surface area contributed by atoms with E-state index in [1.54, 1.807) is 32.1 Å². The topological polar surface area (TPSA) is 75.9 Å². The third kappa shape index (κ3) is 5.33. The standard InChI is InChI=1S/C15H23N3O4/c1-11(2)22-14-7-6-13(18(20)21)8-12(14)9-17(5)10-15(19)16(3)4/h6-8,11H,9-10H2,1-5H3. The van der Waals surface area contributed by atoms with Crippen molar-refractivity contribution in [3.05, 3.63) is 33.9 Å². The molecule has 0 saturated heterocycles. The van der Waals surface area contributed by atoms with E-state index in [4.69, 9.17) is 4.74 Å². The molecule has 0 unspecified atom stereocenters. The normalized spacial score (nSPS) is 10.9. The van der Waals surface area contributed by atoms with Gasteiger partial charge in [0.05, 0.1) is 17.6 Å². The number of carbonyl (C=O) groups excluding carboxylic acids is 1. The summed E-state index contributed by atoms with van der Waals surface area (Å²) in [6.45, 7) is 4.41. The van der Waals surface area contributed by atoms with E-state index in [0.29, 0.717) is 17.9 Å². The van der Waals surface area contributed by atoms with E-state index in [9.17, 15) is 14.9 Å². The molecule has 0 radical (unpaired) electrons. The Morgan fingerprint density at radius 1 is 1.32 bits per heavy atom. The first kappa shape index (κ1) is 17.9.